The predicted octanol–water partition coefficient (Wildman–Crippen LogP) is 3.46. The van der Waals surface area contributed by atoms with Crippen LogP contribution in [0.4, 0.5) is 0 Å². The second kappa shape index (κ2) is 5.87. The molecule has 0 unspecified atom stereocenters. The van der Waals surface area contributed by atoms with Gasteiger partial charge in [0.1, 0.15) is 0 Å². The Labute approximate surface area is 129 Å². The predicted molar refractivity (Wildman–Crippen MR) is 80.5 cm³/mol. The van der Waals surface area contributed by atoms with Crippen LogP contribution in [0, 0.1) is 5.92 Å². The maximum absolute atomic E-state index is 12.9. The van der Waals surface area contributed by atoms with Crippen LogP contribution in [0.2, 0.25) is 0 Å². The molecule has 1 fully saturated rings. The summed E-state index contributed by atoms with van der Waals surface area (Å²) in [5.41, 5.74) is 1.14. The third-order valence-electron chi connectivity index (χ3n) is 4.37. The number of ketones is 2. The summed E-state index contributed by atoms with van der Waals surface area (Å²) in [5.74, 6) is -1.14. The van der Waals surface area contributed by atoms with Crippen LogP contribution in [0.15, 0.2) is 35.6 Å². The summed E-state index contributed by atoms with van der Waals surface area (Å²) in [6.45, 7) is 1.25. The molecule has 0 bridgehead atoms. The van der Waals surface area contributed by atoms with E-state index in [1.54, 1.807) is 24.3 Å². The molecular weight excluding hydrogens is 280 g/mol. The van der Waals surface area contributed by atoms with E-state index in [0.29, 0.717) is 16.7 Å². The van der Waals surface area contributed by atoms with Crippen molar-refractivity contribution in [3.05, 3.63) is 46.7 Å². The van der Waals surface area contributed by atoms with Crippen LogP contribution in [0.3, 0.4) is 0 Å². The molecule has 2 aliphatic rings. The number of hydrogen-bond acceptors (Lipinski definition) is 4. The van der Waals surface area contributed by atoms with Crippen LogP contribution in [0.25, 0.3) is 0 Å². The summed E-state index contributed by atoms with van der Waals surface area (Å²) >= 11 is 0. The molecule has 0 radical (unpaired) electrons. The molecule has 0 N–H and O–H groups in total. The third-order valence-corrected chi connectivity index (χ3v) is 4.37. The van der Waals surface area contributed by atoms with Crippen molar-refractivity contribution in [3.63, 3.8) is 0 Å². The molecule has 0 spiro atoms. The van der Waals surface area contributed by atoms with Crippen LogP contribution in [-0.4, -0.2) is 17.5 Å². The number of carbonyl (C=O) groups excluding carboxylic acids is 3. The normalized spacial score (nSPS) is 19.1. The molecule has 0 atom stereocenters. The molecule has 114 valence electrons. The Morgan fingerprint density at radius 2 is 1.59 bits per heavy atom. The lowest BCUT2D eigenvalue weighted by atomic mass is 9.76. The molecule has 4 heteroatoms. The average Bonchev–Trinajstić information content (AvgIpc) is 2.53. The standard InChI is InChI=1S/C18H18O4/c1-11(19)22-18-15(12-7-3-2-4-8-12)16(20)13-9-5-6-10-14(13)17(18)21/h5-6,9-10,12H,2-4,7-8H2,1H3. The number of carbonyl (C=O) groups is 3. The number of hydrogen-bond donors (Lipinski definition) is 0. The zero-order valence-electron chi connectivity index (χ0n) is 12.6. The average molecular weight is 298 g/mol. The second-order valence-electron chi connectivity index (χ2n) is 5.88. The monoisotopic (exact) mass is 298 g/mol. The molecular formula is C18H18O4. The maximum atomic E-state index is 12.9. The minimum absolute atomic E-state index is 0.00732. The van der Waals surface area contributed by atoms with E-state index in [-0.39, 0.29) is 23.2 Å². The topological polar surface area (TPSA) is 60.4 Å². The third kappa shape index (κ3) is 2.49. The first-order valence-corrected chi connectivity index (χ1v) is 7.70. The van der Waals surface area contributed by atoms with Crippen LogP contribution >= 0.6 is 0 Å². The molecule has 4 nitrogen and oxygen atoms in total. The van der Waals surface area contributed by atoms with Crippen molar-refractivity contribution in [2.45, 2.75) is 39.0 Å². The minimum atomic E-state index is -0.566. The van der Waals surface area contributed by atoms with E-state index in [1.807, 2.05) is 0 Å². The van der Waals surface area contributed by atoms with Gasteiger partial charge >= 0.3 is 5.97 Å². The lowest BCUT2D eigenvalue weighted by molar-refractivity contribution is -0.136. The number of benzene rings is 1. The highest BCUT2D eigenvalue weighted by Crippen LogP contribution is 2.37. The first-order valence-electron chi connectivity index (χ1n) is 7.70. The smallest absolute Gasteiger partial charge is 0.308 e. The van der Waals surface area contributed by atoms with E-state index < -0.39 is 5.97 Å². The summed E-state index contributed by atoms with van der Waals surface area (Å²) in [6, 6.07) is 6.74. The van der Waals surface area contributed by atoms with Gasteiger partial charge in [0.15, 0.2) is 11.5 Å². The summed E-state index contributed by atoms with van der Waals surface area (Å²) in [6.07, 6.45) is 4.93. The number of allylic oxidation sites excluding steroid dienone is 2. The number of fused-ring (bicyclic) bond motifs is 1. The highest BCUT2D eigenvalue weighted by molar-refractivity contribution is 6.26. The molecule has 3 rings (SSSR count). The molecule has 2 aliphatic carbocycles. The zero-order valence-corrected chi connectivity index (χ0v) is 12.6. The SMILES string of the molecule is CC(=O)OC1=C(C2CCCCC2)C(=O)c2ccccc2C1=O. The summed E-state index contributed by atoms with van der Waals surface area (Å²) in [4.78, 5) is 36.9. The Kier molecular flexibility index (Phi) is 3.92. The molecule has 22 heavy (non-hydrogen) atoms. The van der Waals surface area contributed by atoms with Gasteiger partial charge < -0.3 is 4.74 Å². The van der Waals surface area contributed by atoms with Crippen molar-refractivity contribution in [2.24, 2.45) is 5.92 Å². The lowest BCUT2D eigenvalue weighted by Crippen LogP contribution is -2.29. The highest BCUT2D eigenvalue weighted by Gasteiger charge is 2.38. The van der Waals surface area contributed by atoms with Gasteiger partial charge in [-0.25, -0.2) is 0 Å². The van der Waals surface area contributed by atoms with Crippen molar-refractivity contribution in [1.29, 1.82) is 0 Å². The summed E-state index contributed by atoms with van der Waals surface area (Å²) < 4.78 is 5.17. The van der Waals surface area contributed by atoms with Crippen LogP contribution in [0.1, 0.15) is 59.7 Å². The Balaban J connectivity index is 2.12. The Morgan fingerprint density at radius 3 is 2.18 bits per heavy atom. The fourth-order valence-corrected chi connectivity index (χ4v) is 3.38. The van der Waals surface area contributed by atoms with Gasteiger partial charge in [0.05, 0.1) is 5.57 Å². The first-order chi connectivity index (χ1) is 10.6. The largest absolute Gasteiger partial charge is 0.422 e. The van der Waals surface area contributed by atoms with Gasteiger partial charge in [-0.05, 0) is 18.8 Å². The molecule has 0 heterocycles. The van der Waals surface area contributed by atoms with Crippen molar-refractivity contribution >= 4 is 17.5 Å². The Bertz CT molecular complexity index is 678. The van der Waals surface area contributed by atoms with Gasteiger partial charge in [-0.2, -0.15) is 0 Å². The number of rotatable bonds is 2. The van der Waals surface area contributed by atoms with Crippen molar-refractivity contribution < 1.29 is 19.1 Å². The van der Waals surface area contributed by atoms with Crippen LogP contribution in [0.5, 0.6) is 0 Å². The molecule has 1 aromatic carbocycles. The van der Waals surface area contributed by atoms with Gasteiger partial charge in [0.2, 0.25) is 5.78 Å². The van der Waals surface area contributed by atoms with E-state index >= 15 is 0 Å². The second-order valence-corrected chi connectivity index (χ2v) is 5.88. The van der Waals surface area contributed by atoms with Crippen molar-refractivity contribution in [1.82, 2.24) is 0 Å². The molecule has 0 aromatic heterocycles. The van der Waals surface area contributed by atoms with Gasteiger partial charge in [0.25, 0.3) is 0 Å². The highest BCUT2D eigenvalue weighted by atomic mass is 16.5. The molecule has 1 aromatic rings. The first kappa shape index (κ1) is 14.7. The summed E-state index contributed by atoms with van der Waals surface area (Å²) in [5, 5.41) is 0. The quantitative estimate of drug-likeness (QED) is 0.784. The van der Waals surface area contributed by atoms with E-state index in [2.05, 4.69) is 0 Å². The van der Waals surface area contributed by atoms with E-state index in [9.17, 15) is 14.4 Å². The van der Waals surface area contributed by atoms with E-state index in [4.69, 9.17) is 4.74 Å². The number of Topliss-reactive ketones (excluding diaryl/α,β-unsaturated/α-hetero) is 2. The van der Waals surface area contributed by atoms with Crippen molar-refractivity contribution in [3.8, 4) is 0 Å². The van der Waals surface area contributed by atoms with Crippen LogP contribution in [-0.2, 0) is 9.53 Å². The van der Waals surface area contributed by atoms with E-state index in [1.165, 1.54) is 6.92 Å². The fourth-order valence-electron chi connectivity index (χ4n) is 3.38. The molecule has 1 saturated carbocycles. The Morgan fingerprint density at radius 1 is 1.00 bits per heavy atom. The number of ether oxygens (including phenoxy) is 1. The lowest BCUT2D eigenvalue weighted by Gasteiger charge is -2.28. The van der Waals surface area contributed by atoms with E-state index in [0.717, 1.165) is 32.1 Å². The van der Waals surface area contributed by atoms with Crippen LogP contribution < -0.4 is 0 Å². The van der Waals surface area contributed by atoms with Gasteiger partial charge in [-0.1, -0.05) is 43.5 Å². The van der Waals surface area contributed by atoms with Gasteiger partial charge in [0, 0.05) is 18.1 Å². The minimum Gasteiger partial charge on any atom is -0.422 e. The Hall–Kier alpha value is -2.23. The molecule has 0 saturated heterocycles. The van der Waals surface area contributed by atoms with Gasteiger partial charge in [-0.3, -0.25) is 14.4 Å². The maximum Gasteiger partial charge on any atom is 0.308 e. The summed E-state index contributed by atoms with van der Waals surface area (Å²) in [7, 11) is 0. The van der Waals surface area contributed by atoms with Crippen molar-refractivity contribution in [2.75, 3.05) is 0 Å². The molecule has 0 amide bonds. The fraction of sp³-hybridized carbons (Fsp3) is 0.389. The van der Waals surface area contributed by atoms with Gasteiger partial charge in [-0.15, -0.1) is 0 Å². The zero-order chi connectivity index (χ0) is 15.7. The number of esters is 1. The molecule has 0 aliphatic heterocycles.